The number of aromatic nitrogens is 2. The molecule has 0 bridgehead atoms. The Kier molecular flexibility index (Phi) is 23.8. The Bertz CT molecular complexity index is 3460. The number of carbonyl (C=O) groups excluding carboxylic acids is 9. The number of primary amides is 1. The molecule has 6 rings (SSSR count). The molecule has 2 heterocycles. The van der Waals surface area contributed by atoms with Crippen molar-refractivity contribution in [3.8, 4) is 0 Å². The van der Waals surface area contributed by atoms with Crippen LogP contribution in [0.5, 0.6) is 0 Å². The van der Waals surface area contributed by atoms with Crippen LogP contribution in [0.2, 0.25) is 0 Å². The van der Waals surface area contributed by atoms with Gasteiger partial charge in [0.1, 0.15) is 48.3 Å². The number of para-hydroxylation sites is 2. The van der Waals surface area contributed by atoms with E-state index in [2.05, 4.69) is 52.5 Å². The zero-order valence-corrected chi connectivity index (χ0v) is 47.5. The summed E-state index contributed by atoms with van der Waals surface area (Å²) in [6, 6.07) is 17.0. The van der Waals surface area contributed by atoms with Crippen molar-refractivity contribution in [3.05, 3.63) is 144 Å². The van der Waals surface area contributed by atoms with Crippen LogP contribution in [0.15, 0.2) is 122 Å². The van der Waals surface area contributed by atoms with Crippen molar-refractivity contribution < 1.29 is 72.9 Å². The Morgan fingerprint density at radius 3 is 1.25 bits per heavy atom. The van der Waals surface area contributed by atoms with E-state index in [0.717, 1.165) is 0 Å². The van der Waals surface area contributed by atoms with Crippen LogP contribution in [0.3, 0.4) is 0 Å². The quantitative estimate of drug-likeness (QED) is 0.0252. The standard InChI is InChI=1S/C60H70N12O15/c1-32(2)52(72-49(74)29-61)59(85)70-44(25-35-30-63-39-19-11-9-17-37(35)39)56(82)69-46(28-51(77)78)58(84)67-43(24-34-15-7-4-8-16-34)55(81)68-45(27-48(62)73)57(83)66-42(23-33-13-5-3-6-14-33)54(80)65-41(21-22-50(75)76)53(79)71-47(60(86)87)26-36-31-64-40-20-12-10-18-38(36)40/h3-20,30-32,41-47,52,63-64H,21-29,61H2,1-2H3,(H2,62,73)(H,65,80)(H,66,83)(H,67,84)(H,68,81)(H,69,82)(H,70,85)(H,71,79)(H,72,74)(H,75,76)(H,77,78)(H,86,87)/t41-,42-,43-,44-,45-,46-,47-,52-/m0/s1. The molecule has 17 N–H and O–H groups in total. The van der Waals surface area contributed by atoms with Crippen molar-refractivity contribution in [1.29, 1.82) is 0 Å². The van der Waals surface area contributed by atoms with Crippen LogP contribution < -0.4 is 54.0 Å². The molecule has 27 nitrogen and oxygen atoms in total. The average Bonchev–Trinajstić information content (AvgIpc) is 2.57. The lowest BCUT2D eigenvalue weighted by Crippen LogP contribution is -2.61. The van der Waals surface area contributed by atoms with Crippen molar-refractivity contribution in [2.24, 2.45) is 17.4 Å². The summed E-state index contributed by atoms with van der Waals surface area (Å²) in [6.45, 7) is 2.83. The highest BCUT2D eigenvalue weighted by Gasteiger charge is 2.37. The summed E-state index contributed by atoms with van der Waals surface area (Å²) in [5.74, 6) is -14.2. The molecule has 27 heteroatoms. The van der Waals surface area contributed by atoms with Crippen LogP contribution >= 0.6 is 0 Å². The van der Waals surface area contributed by atoms with Crippen molar-refractivity contribution in [3.63, 3.8) is 0 Å². The van der Waals surface area contributed by atoms with Crippen LogP contribution in [0.1, 0.15) is 61.8 Å². The van der Waals surface area contributed by atoms with Gasteiger partial charge in [-0.3, -0.25) is 52.7 Å². The second-order valence-electron chi connectivity index (χ2n) is 21.0. The predicted molar refractivity (Wildman–Crippen MR) is 314 cm³/mol. The van der Waals surface area contributed by atoms with E-state index in [1.165, 1.54) is 0 Å². The molecule has 87 heavy (non-hydrogen) atoms. The van der Waals surface area contributed by atoms with Gasteiger partial charge in [-0.2, -0.15) is 0 Å². The van der Waals surface area contributed by atoms with E-state index in [9.17, 15) is 72.9 Å². The van der Waals surface area contributed by atoms with Crippen LogP contribution in [-0.4, -0.2) is 151 Å². The number of H-pyrrole nitrogens is 2. The summed E-state index contributed by atoms with van der Waals surface area (Å²) in [4.78, 5) is 168. The van der Waals surface area contributed by atoms with Gasteiger partial charge in [-0.1, -0.05) is 111 Å². The van der Waals surface area contributed by atoms with Crippen LogP contribution in [0.25, 0.3) is 21.8 Å². The molecule has 6 aromatic rings. The van der Waals surface area contributed by atoms with E-state index < -0.39 is 158 Å². The number of fused-ring (bicyclic) bond motifs is 2. The molecule has 2 aromatic heterocycles. The minimum absolute atomic E-state index is 0.212. The van der Waals surface area contributed by atoms with Crippen LogP contribution in [0.4, 0.5) is 0 Å². The molecule has 0 unspecified atom stereocenters. The van der Waals surface area contributed by atoms with Gasteiger partial charge < -0.3 is 79.3 Å². The maximum atomic E-state index is 14.6. The first-order chi connectivity index (χ1) is 41.5. The Balaban J connectivity index is 1.25. The number of rotatable bonds is 33. The third-order valence-electron chi connectivity index (χ3n) is 14.1. The Labute approximate surface area is 497 Å². The first-order valence-corrected chi connectivity index (χ1v) is 27.7. The smallest absolute Gasteiger partial charge is 0.326 e. The molecule has 0 saturated carbocycles. The van der Waals surface area contributed by atoms with Gasteiger partial charge in [0.15, 0.2) is 0 Å². The van der Waals surface area contributed by atoms with Gasteiger partial charge in [0, 0.05) is 66.3 Å². The molecule has 9 amide bonds. The summed E-state index contributed by atoms with van der Waals surface area (Å²) in [7, 11) is 0. The maximum absolute atomic E-state index is 14.6. The highest BCUT2D eigenvalue weighted by molar-refractivity contribution is 6.00. The first kappa shape index (κ1) is 65.7. The van der Waals surface area contributed by atoms with E-state index in [1.807, 2.05) is 0 Å². The summed E-state index contributed by atoms with van der Waals surface area (Å²) in [6.07, 6.45) is -1.08. The SMILES string of the molecule is CC(C)[C@H](NC(=O)CN)C(=O)N[C@@H](Cc1c[nH]c2ccccc12)C(=O)N[C@@H](CC(=O)O)C(=O)N[C@@H](Cc1ccccc1)C(=O)N[C@@H](CC(N)=O)C(=O)N[C@@H](Cc1ccccc1)C(=O)N[C@@H](CCC(=O)O)C(=O)N[C@@H](Cc1c[nH]c2ccccc12)C(=O)O. The molecule has 0 saturated heterocycles. The molecular weight excluding hydrogens is 1130 g/mol. The maximum Gasteiger partial charge on any atom is 0.326 e. The molecule has 0 aliphatic carbocycles. The second kappa shape index (κ2) is 31.5. The Morgan fingerprint density at radius 1 is 0.437 bits per heavy atom. The number of carbonyl (C=O) groups is 12. The number of aliphatic carboxylic acids is 3. The lowest BCUT2D eigenvalue weighted by Gasteiger charge is -2.28. The summed E-state index contributed by atoms with van der Waals surface area (Å²) < 4.78 is 0. The van der Waals surface area contributed by atoms with Gasteiger partial charge in [-0.15, -0.1) is 0 Å². The fourth-order valence-corrected chi connectivity index (χ4v) is 9.56. The summed E-state index contributed by atoms with van der Waals surface area (Å²) >= 11 is 0. The fraction of sp³-hybridized carbons (Fsp3) is 0.333. The van der Waals surface area contributed by atoms with Gasteiger partial charge >= 0.3 is 17.9 Å². The highest BCUT2D eigenvalue weighted by atomic mass is 16.4. The highest BCUT2D eigenvalue weighted by Crippen LogP contribution is 2.22. The molecule has 8 atom stereocenters. The topological polar surface area (TPSA) is 445 Å². The largest absolute Gasteiger partial charge is 0.481 e. The van der Waals surface area contributed by atoms with Gasteiger partial charge in [0.25, 0.3) is 0 Å². The zero-order chi connectivity index (χ0) is 63.3. The minimum Gasteiger partial charge on any atom is -0.481 e. The van der Waals surface area contributed by atoms with Crippen molar-refractivity contribution in [2.45, 2.75) is 114 Å². The van der Waals surface area contributed by atoms with Crippen molar-refractivity contribution in [2.75, 3.05) is 6.54 Å². The van der Waals surface area contributed by atoms with E-state index in [-0.39, 0.29) is 25.7 Å². The number of aromatic amines is 2. The Morgan fingerprint density at radius 2 is 0.816 bits per heavy atom. The fourth-order valence-electron chi connectivity index (χ4n) is 9.56. The molecular formula is C60H70N12O15. The van der Waals surface area contributed by atoms with Gasteiger partial charge in [0.05, 0.1) is 19.4 Å². The molecule has 0 radical (unpaired) electrons. The van der Waals surface area contributed by atoms with Crippen LogP contribution in [0, 0.1) is 5.92 Å². The number of hydrogen-bond donors (Lipinski definition) is 15. The van der Waals surface area contributed by atoms with Gasteiger partial charge in [-0.05, 0) is 46.7 Å². The second-order valence-corrected chi connectivity index (χ2v) is 21.0. The molecule has 0 aliphatic rings. The molecule has 460 valence electrons. The number of nitrogens with two attached hydrogens (primary N) is 2. The molecule has 0 fully saturated rings. The third kappa shape index (κ3) is 19.6. The Hall–Kier alpha value is -10.4. The lowest BCUT2D eigenvalue weighted by molar-refractivity contribution is -0.143. The van der Waals surface area contributed by atoms with Crippen LogP contribution in [-0.2, 0) is 83.2 Å². The normalized spacial score (nSPS) is 13.9. The molecule has 4 aromatic carbocycles. The molecule has 0 aliphatic heterocycles. The van der Waals surface area contributed by atoms with E-state index >= 15 is 0 Å². The summed E-state index contributed by atoms with van der Waals surface area (Å²) in [5, 5.41) is 50.9. The van der Waals surface area contributed by atoms with E-state index in [1.54, 1.807) is 135 Å². The monoisotopic (exact) mass is 1200 g/mol. The first-order valence-electron chi connectivity index (χ1n) is 27.7. The van der Waals surface area contributed by atoms with E-state index in [4.69, 9.17) is 11.5 Å². The number of carboxylic acids is 3. The zero-order valence-electron chi connectivity index (χ0n) is 47.5. The summed E-state index contributed by atoms with van der Waals surface area (Å²) in [5.41, 5.74) is 14.4. The number of amides is 9. The average molecular weight is 1200 g/mol. The van der Waals surface area contributed by atoms with Gasteiger partial charge in [0.2, 0.25) is 53.2 Å². The van der Waals surface area contributed by atoms with Crippen molar-refractivity contribution >= 4 is 92.9 Å². The van der Waals surface area contributed by atoms with E-state index in [0.29, 0.717) is 44.1 Å². The lowest BCUT2D eigenvalue weighted by atomic mass is 10.00. The minimum atomic E-state index is -1.95. The molecule has 0 spiro atoms. The third-order valence-corrected chi connectivity index (χ3v) is 14.1. The number of benzene rings is 4. The number of nitrogens with one attached hydrogen (secondary N) is 10. The number of hydrogen-bond acceptors (Lipinski definition) is 13. The van der Waals surface area contributed by atoms with Gasteiger partial charge in [-0.25, -0.2) is 4.79 Å². The predicted octanol–water partition coefficient (Wildman–Crippen LogP) is -0.288. The number of carboxylic acid groups (broad SMARTS) is 3. The van der Waals surface area contributed by atoms with Crippen molar-refractivity contribution in [1.82, 2.24) is 52.5 Å².